The topological polar surface area (TPSA) is 58.6 Å². The first kappa shape index (κ1) is 17.0. The van der Waals surface area contributed by atoms with Gasteiger partial charge >= 0.3 is 0 Å². The Morgan fingerprint density at radius 3 is 2.73 bits per heavy atom. The number of rotatable bonds is 3. The van der Waals surface area contributed by atoms with Crippen LogP contribution in [-0.4, -0.2) is 54.1 Å². The van der Waals surface area contributed by atoms with Crippen LogP contribution < -0.4 is 4.90 Å². The zero-order valence-corrected chi connectivity index (χ0v) is 15.3. The summed E-state index contributed by atoms with van der Waals surface area (Å²) in [5, 5.41) is 0. The lowest BCUT2D eigenvalue weighted by atomic mass is 10.0. The number of ether oxygens (including phenoxy) is 1. The lowest BCUT2D eigenvalue weighted by Crippen LogP contribution is -2.42. The third kappa shape index (κ3) is 3.17. The highest BCUT2D eigenvalue weighted by atomic mass is 16.5. The van der Waals surface area contributed by atoms with E-state index in [-0.39, 0.29) is 12.0 Å². The van der Waals surface area contributed by atoms with E-state index in [1.165, 1.54) is 0 Å². The Balaban J connectivity index is 1.68. The maximum absolute atomic E-state index is 12.7. The second kappa shape index (κ2) is 7.03. The van der Waals surface area contributed by atoms with Crippen LogP contribution in [0.1, 0.15) is 24.1 Å². The minimum absolute atomic E-state index is 0.0967. The molecule has 0 N–H and O–H groups in total. The molecule has 6 heteroatoms. The molecular weight excluding hydrogens is 328 g/mol. The molecule has 0 aliphatic carbocycles. The molecule has 1 fully saturated rings. The molecule has 0 radical (unpaired) electrons. The minimum atomic E-state index is -0.277. The quantitative estimate of drug-likeness (QED) is 0.848. The van der Waals surface area contributed by atoms with E-state index in [1.807, 2.05) is 54.2 Å². The monoisotopic (exact) mass is 352 g/mol. The number of carbonyl (C=O) groups is 1. The zero-order valence-electron chi connectivity index (χ0n) is 15.3. The molecular formula is C20H24N4O2. The van der Waals surface area contributed by atoms with E-state index >= 15 is 0 Å². The molecule has 1 atom stereocenters. The number of hydrogen-bond donors (Lipinski definition) is 0. The third-order valence-corrected chi connectivity index (χ3v) is 5.02. The van der Waals surface area contributed by atoms with E-state index in [9.17, 15) is 4.79 Å². The van der Waals surface area contributed by atoms with Gasteiger partial charge in [0.1, 0.15) is 11.9 Å². The van der Waals surface area contributed by atoms with Crippen LogP contribution in [0.25, 0.3) is 11.4 Å². The Kier molecular flexibility index (Phi) is 4.59. The van der Waals surface area contributed by atoms with Crippen LogP contribution in [-0.2, 0) is 22.5 Å². The highest BCUT2D eigenvalue weighted by molar-refractivity contribution is 5.81. The second-order valence-electron chi connectivity index (χ2n) is 7.07. The van der Waals surface area contributed by atoms with Gasteiger partial charge in [0, 0.05) is 38.4 Å². The maximum atomic E-state index is 12.7. The van der Waals surface area contributed by atoms with E-state index < -0.39 is 0 Å². The van der Waals surface area contributed by atoms with Crippen LogP contribution >= 0.6 is 0 Å². The summed E-state index contributed by atoms with van der Waals surface area (Å²) in [6, 6.07) is 9.98. The standard InChI is InChI=1S/C20H24N4O2/c1-23(2)19-15-10-11-24(20(25)17-9-6-12-26-17)13-16(15)21-18(22-19)14-7-4-3-5-8-14/h3-5,7-8,17H,6,9-13H2,1-2H3/t17-/m1/s1. The van der Waals surface area contributed by atoms with Crippen molar-refractivity contribution in [2.45, 2.75) is 31.9 Å². The van der Waals surface area contributed by atoms with Gasteiger partial charge in [-0.1, -0.05) is 30.3 Å². The van der Waals surface area contributed by atoms with Crippen molar-refractivity contribution in [1.29, 1.82) is 0 Å². The van der Waals surface area contributed by atoms with Gasteiger partial charge in [-0.25, -0.2) is 9.97 Å². The summed E-state index contributed by atoms with van der Waals surface area (Å²) in [5.74, 6) is 1.75. The summed E-state index contributed by atoms with van der Waals surface area (Å²) < 4.78 is 5.58. The number of hydrogen-bond acceptors (Lipinski definition) is 5. The van der Waals surface area contributed by atoms with Gasteiger partial charge in [0.05, 0.1) is 12.2 Å². The molecule has 2 aliphatic rings. The van der Waals surface area contributed by atoms with E-state index in [4.69, 9.17) is 14.7 Å². The van der Waals surface area contributed by atoms with Crippen LogP contribution in [0.15, 0.2) is 30.3 Å². The Morgan fingerprint density at radius 2 is 2.04 bits per heavy atom. The molecule has 136 valence electrons. The molecule has 3 heterocycles. The molecule has 1 aromatic heterocycles. The largest absolute Gasteiger partial charge is 0.368 e. The first-order chi connectivity index (χ1) is 12.6. The predicted molar refractivity (Wildman–Crippen MR) is 99.9 cm³/mol. The predicted octanol–water partition coefficient (Wildman–Crippen LogP) is 2.27. The van der Waals surface area contributed by atoms with Crippen molar-refractivity contribution < 1.29 is 9.53 Å². The molecule has 2 aromatic rings. The van der Waals surface area contributed by atoms with Crippen LogP contribution in [0.2, 0.25) is 0 Å². The zero-order chi connectivity index (χ0) is 18.1. The fraction of sp³-hybridized carbons (Fsp3) is 0.450. The first-order valence-corrected chi connectivity index (χ1v) is 9.16. The van der Waals surface area contributed by atoms with Gasteiger partial charge in [0.25, 0.3) is 5.91 Å². The van der Waals surface area contributed by atoms with E-state index in [0.717, 1.165) is 41.9 Å². The molecule has 0 spiro atoms. The first-order valence-electron chi connectivity index (χ1n) is 9.16. The van der Waals surface area contributed by atoms with Crippen molar-refractivity contribution in [2.24, 2.45) is 0 Å². The van der Waals surface area contributed by atoms with Crippen LogP contribution in [0.4, 0.5) is 5.82 Å². The van der Waals surface area contributed by atoms with Crippen molar-refractivity contribution in [3.05, 3.63) is 41.6 Å². The molecule has 4 rings (SSSR count). The fourth-order valence-electron chi connectivity index (χ4n) is 3.66. The summed E-state index contributed by atoms with van der Waals surface area (Å²) >= 11 is 0. The Hall–Kier alpha value is -2.47. The summed E-state index contributed by atoms with van der Waals surface area (Å²) in [6.07, 6.45) is 2.28. The highest BCUT2D eigenvalue weighted by Crippen LogP contribution is 2.29. The van der Waals surface area contributed by atoms with Gasteiger partial charge in [-0.05, 0) is 19.3 Å². The van der Waals surface area contributed by atoms with Crippen molar-refractivity contribution in [1.82, 2.24) is 14.9 Å². The molecule has 0 saturated carbocycles. The lowest BCUT2D eigenvalue weighted by molar-refractivity contribution is -0.141. The number of fused-ring (bicyclic) bond motifs is 1. The fourth-order valence-corrected chi connectivity index (χ4v) is 3.66. The van der Waals surface area contributed by atoms with E-state index in [2.05, 4.69) is 0 Å². The highest BCUT2D eigenvalue weighted by Gasteiger charge is 2.32. The van der Waals surface area contributed by atoms with E-state index in [1.54, 1.807) is 0 Å². The number of nitrogens with zero attached hydrogens (tertiary/aromatic N) is 4. The van der Waals surface area contributed by atoms with Gasteiger partial charge in [0.15, 0.2) is 5.82 Å². The van der Waals surface area contributed by atoms with Gasteiger partial charge in [-0.15, -0.1) is 0 Å². The van der Waals surface area contributed by atoms with Crippen molar-refractivity contribution in [2.75, 3.05) is 32.1 Å². The number of benzene rings is 1. The van der Waals surface area contributed by atoms with Gasteiger partial charge in [0.2, 0.25) is 0 Å². The molecule has 0 unspecified atom stereocenters. The average Bonchev–Trinajstić information content (AvgIpc) is 3.21. The molecule has 2 aliphatic heterocycles. The molecule has 26 heavy (non-hydrogen) atoms. The normalized spacial score (nSPS) is 19.3. The molecule has 6 nitrogen and oxygen atoms in total. The molecule has 1 saturated heterocycles. The van der Waals surface area contributed by atoms with Gasteiger partial charge < -0.3 is 14.5 Å². The minimum Gasteiger partial charge on any atom is -0.368 e. The second-order valence-corrected chi connectivity index (χ2v) is 7.07. The van der Waals surface area contributed by atoms with Crippen LogP contribution in [0.3, 0.4) is 0 Å². The number of anilines is 1. The Labute approximate surface area is 153 Å². The molecule has 0 bridgehead atoms. The van der Waals surface area contributed by atoms with Crippen LogP contribution in [0, 0.1) is 0 Å². The maximum Gasteiger partial charge on any atom is 0.252 e. The van der Waals surface area contributed by atoms with Crippen LogP contribution in [0.5, 0.6) is 0 Å². The summed E-state index contributed by atoms with van der Waals surface area (Å²) in [4.78, 5) is 26.3. The van der Waals surface area contributed by atoms with Crippen molar-refractivity contribution in [3.63, 3.8) is 0 Å². The molecule has 1 aromatic carbocycles. The Morgan fingerprint density at radius 1 is 1.23 bits per heavy atom. The van der Waals surface area contributed by atoms with Crippen molar-refractivity contribution >= 4 is 11.7 Å². The molecule has 1 amide bonds. The SMILES string of the molecule is CN(C)c1nc(-c2ccccc2)nc2c1CCN(C(=O)[C@H]1CCCO1)C2. The van der Waals surface area contributed by atoms with E-state index in [0.29, 0.717) is 25.5 Å². The lowest BCUT2D eigenvalue weighted by Gasteiger charge is -2.32. The number of amides is 1. The third-order valence-electron chi connectivity index (χ3n) is 5.02. The van der Waals surface area contributed by atoms with Crippen molar-refractivity contribution in [3.8, 4) is 11.4 Å². The van der Waals surface area contributed by atoms with Gasteiger partial charge in [-0.3, -0.25) is 4.79 Å². The van der Waals surface area contributed by atoms with Gasteiger partial charge in [-0.2, -0.15) is 0 Å². The summed E-state index contributed by atoms with van der Waals surface area (Å²) in [5.41, 5.74) is 3.08. The summed E-state index contributed by atoms with van der Waals surface area (Å²) in [7, 11) is 4.00. The Bertz CT molecular complexity index is 801. The number of aromatic nitrogens is 2. The summed E-state index contributed by atoms with van der Waals surface area (Å²) in [6.45, 7) is 1.91. The average molecular weight is 352 g/mol. The smallest absolute Gasteiger partial charge is 0.252 e. The number of carbonyl (C=O) groups excluding carboxylic acids is 1.